The molecule has 0 aliphatic heterocycles. The van der Waals surface area contributed by atoms with E-state index in [1.54, 1.807) is 0 Å². The SMILES string of the molecule is NCc1ccccc1C(O)C1CCCCC1. The zero-order valence-corrected chi connectivity index (χ0v) is 9.73. The Morgan fingerprint density at radius 3 is 2.56 bits per heavy atom. The van der Waals surface area contributed by atoms with Crippen LogP contribution in [0.5, 0.6) is 0 Å². The topological polar surface area (TPSA) is 46.2 Å². The maximum Gasteiger partial charge on any atom is 0.0821 e. The van der Waals surface area contributed by atoms with Gasteiger partial charge in [0.1, 0.15) is 0 Å². The highest BCUT2D eigenvalue weighted by Gasteiger charge is 2.24. The molecule has 0 heterocycles. The minimum absolute atomic E-state index is 0.319. The molecule has 0 bridgehead atoms. The van der Waals surface area contributed by atoms with Crippen molar-refractivity contribution in [2.24, 2.45) is 11.7 Å². The number of nitrogens with two attached hydrogens (primary N) is 1. The highest BCUT2D eigenvalue weighted by atomic mass is 16.3. The molecule has 1 saturated carbocycles. The molecule has 1 aromatic rings. The summed E-state index contributed by atoms with van der Waals surface area (Å²) in [5.74, 6) is 0.432. The molecule has 0 radical (unpaired) electrons. The molecule has 16 heavy (non-hydrogen) atoms. The zero-order valence-electron chi connectivity index (χ0n) is 9.73. The summed E-state index contributed by atoms with van der Waals surface area (Å²) < 4.78 is 0. The largest absolute Gasteiger partial charge is 0.388 e. The fourth-order valence-corrected chi connectivity index (χ4v) is 2.71. The summed E-state index contributed by atoms with van der Waals surface area (Å²) in [7, 11) is 0. The number of benzene rings is 1. The van der Waals surface area contributed by atoms with Gasteiger partial charge in [-0.15, -0.1) is 0 Å². The third-order valence-corrected chi connectivity index (χ3v) is 3.69. The lowest BCUT2D eigenvalue weighted by Crippen LogP contribution is -2.18. The predicted molar refractivity (Wildman–Crippen MR) is 65.9 cm³/mol. The van der Waals surface area contributed by atoms with Gasteiger partial charge in [-0.3, -0.25) is 0 Å². The van der Waals surface area contributed by atoms with Crippen molar-refractivity contribution in [1.29, 1.82) is 0 Å². The van der Waals surface area contributed by atoms with E-state index in [-0.39, 0.29) is 6.10 Å². The van der Waals surface area contributed by atoms with Gasteiger partial charge in [-0.05, 0) is 29.9 Å². The summed E-state index contributed by atoms with van der Waals surface area (Å²) in [5.41, 5.74) is 7.83. The Kier molecular flexibility index (Phi) is 3.97. The molecule has 0 amide bonds. The molecule has 0 aromatic heterocycles. The monoisotopic (exact) mass is 219 g/mol. The van der Waals surface area contributed by atoms with E-state index in [0.717, 1.165) is 24.0 Å². The fourth-order valence-electron chi connectivity index (χ4n) is 2.71. The van der Waals surface area contributed by atoms with E-state index in [1.807, 2.05) is 24.3 Å². The first-order valence-electron chi connectivity index (χ1n) is 6.29. The van der Waals surface area contributed by atoms with Crippen molar-refractivity contribution in [1.82, 2.24) is 0 Å². The van der Waals surface area contributed by atoms with Crippen LogP contribution < -0.4 is 5.73 Å². The van der Waals surface area contributed by atoms with Gasteiger partial charge in [0.25, 0.3) is 0 Å². The zero-order chi connectivity index (χ0) is 11.4. The van der Waals surface area contributed by atoms with Gasteiger partial charge in [-0.2, -0.15) is 0 Å². The van der Waals surface area contributed by atoms with Crippen LogP contribution in [-0.4, -0.2) is 5.11 Å². The average molecular weight is 219 g/mol. The summed E-state index contributed by atoms with van der Waals surface area (Å²) in [6.07, 6.45) is 5.82. The highest BCUT2D eigenvalue weighted by Crippen LogP contribution is 2.35. The fraction of sp³-hybridized carbons (Fsp3) is 0.571. The molecule has 1 fully saturated rings. The molecule has 0 saturated heterocycles. The first-order chi connectivity index (χ1) is 7.83. The molecular formula is C14H21NO. The second-order valence-corrected chi connectivity index (χ2v) is 4.75. The molecule has 2 heteroatoms. The maximum atomic E-state index is 10.4. The van der Waals surface area contributed by atoms with Crippen LogP contribution in [0.15, 0.2) is 24.3 Å². The predicted octanol–water partition coefficient (Wildman–Crippen LogP) is 2.76. The molecule has 0 spiro atoms. The Balaban J connectivity index is 2.15. The van der Waals surface area contributed by atoms with Crippen LogP contribution in [-0.2, 0) is 6.54 Å². The van der Waals surface area contributed by atoms with Gasteiger partial charge in [0, 0.05) is 6.54 Å². The van der Waals surface area contributed by atoms with Crippen molar-refractivity contribution in [2.45, 2.75) is 44.8 Å². The minimum Gasteiger partial charge on any atom is -0.388 e. The molecule has 1 aromatic carbocycles. The number of aliphatic hydroxyl groups excluding tert-OH is 1. The normalized spacial score (nSPS) is 19.6. The maximum absolute atomic E-state index is 10.4. The molecule has 88 valence electrons. The first-order valence-corrected chi connectivity index (χ1v) is 6.29. The summed E-state index contributed by atoms with van der Waals surface area (Å²) in [5, 5.41) is 10.4. The molecule has 1 unspecified atom stereocenters. The third kappa shape index (κ3) is 2.45. The van der Waals surface area contributed by atoms with Crippen LogP contribution in [0.4, 0.5) is 0 Å². The third-order valence-electron chi connectivity index (χ3n) is 3.69. The van der Waals surface area contributed by atoms with E-state index >= 15 is 0 Å². The molecule has 1 atom stereocenters. The van der Waals surface area contributed by atoms with Gasteiger partial charge in [-0.25, -0.2) is 0 Å². The molecule has 1 aliphatic carbocycles. The summed E-state index contributed by atoms with van der Waals surface area (Å²) in [4.78, 5) is 0. The van der Waals surface area contributed by atoms with E-state index in [4.69, 9.17) is 5.73 Å². The van der Waals surface area contributed by atoms with Gasteiger partial charge in [0.05, 0.1) is 6.10 Å². The first kappa shape index (κ1) is 11.6. The lowest BCUT2D eigenvalue weighted by molar-refractivity contribution is 0.0841. The van der Waals surface area contributed by atoms with Crippen LogP contribution in [0.1, 0.15) is 49.3 Å². The Morgan fingerprint density at radius 2 is 1.88 bits per heavy atom. The van der Waals surface area contributed by atoms with Crippen molar-refractivity contribution in [2.75, 3.05) is 0 Å². The van der Waals surface area contributed by atoms with Crippen LogP contribution in [0, 0.1) is 5.92 Å². The van der Waals surface area contributed by atoms with Crippen LogP contribution in [0.2, 0.25) is 0 Å². The number of hydrogen-bond acceptors (Lipinski definition) is 2. The number of aliphatic hydroxyl groups is 1. The lowest BCUT2D eigenvalue weighted by atomic mass is 9.81. The number of rotatable bonds is 3. The summed E-state index contributed by atoms with van der Waals surface area (Å²) in [6, 6.07) is 8.00. The van der Waals surface area contributed by atoms with E-state index in [1.165, 1.54) is 19.3 Å². The molecule has 1 aliphatic rings. The van der Waals surface area contributed by atoms with E-state index < -0.39 is 0 Å². The number of hydrogen-bond donors (Lipinski definition) is 2. The van der Waals surface area contributed by atoms with Gasteiger partial charge < -0.3 is 10.8 Å². The summed E-state index contributed by atoms with van der Waals surface area (Å²) >= 11 is 0. The van der Waals surface area contributed by atoms with Crippen molar-refractivity contribution in [3.63, 3.8) is 0 Å². The lowest BCUT2D eigenvalue weighted by Gasteiger charge is -2.28. The van der Waals surface area contributed by atoms with Crippen molar-refractivity contribution < 1.29 is 5.11 Å². The smallest absolute Gasteiger partial charge is 0.0821 e. The Hall–Kier alpha value is -0.860. The van der Waals surface area contributed by atoms with Crippen molar-refractivity contribution >= 4 is 0 Å². The van der Waals surface area contributed by atoms with Gasteiger partial charge in [0.15, 0.2) is 0 Å². The van der Waals surface area contributed by atoms with Crippen molar-refractivity contribution in [3.8, 4) is 0 Å². The Labute approximate surface area is 97.5 Å². The summed E-state index contributed by atoms with van der Waals surface area (Å²) in [6.45, 7) is 0.514. The molecule has 2 nitrogen and oxygen atoms in total. The van der Waals surface area contributed by atoms with Gasteiger partial charge >= 0.3 is 0 Å². The molecule has 2 rings (SSSR count). The quantitative estimate of drug-likeness (QED) is 0.821. The second-order valence-electron chi connectivity index (χ2n) is 4.75. The van der Waals surface area contributed by atoms with Crippen molar-refractivity contribution in [3.05, 3.63) is 35.4 Å². The highest BCUT2D eigenvalue weighted by molar-refractivity contribution is 5.29. The molecule has 3 N–H and O–H groups in total. The van der Waals surface area contributed by atoms with E-state index in [0.29, 0.717) is 12.5 Å². The second kappa shape index (κ2) is 5.46. The van der Waals surface area contributed by atoms with Crippen LogP contribution in [0.3, 0.4) is 0 Å². The van der Waals surface area contributed by atoms with Crippen LogP contribution in [0.25, 0.3) is 0 Å². The average Bonchev–Trinajstić information content (AvgIpc) is 2.39. The van der Waals surface area contributed by atoms with Gasteiger partial charge in [-0.1, -0.05) is 43.5 Å². The van der Waals surface area contributed by atoms with E-state index in [9.17, 15) is 5.11 Å². The van der Waals surface area contributed by atoms with Crippen LogP contribution >= 0.6 is 0 Å². The van der Waals surface area contributed by atoms with Gasteiger partial charge in [0.2, 0.25) is 0 Å². The Bertz CT molecular complexity index is 331. The standard InChI is InChI=1S/C14H21NO/c15-10-12-8-4-5-9-13(12)14(16)11-6-2-1-3-7-11/h4-5,8-9,11,14,16H,1-3,6-7,10,15H2. The van der Waals surface area contributed by atoms with E-state index in [2.05, 4.69) is 0 Å². The molecular weight excluding hydrogens is 198 g/mol. The minimum atomic E-state index is -0.319. The Morgan fingerprint density at radius 1 is 1.19 bits per heavy atom.